The molecule has 0 aliphatic carbocycles. The lowest BCUT2D eigenvalue weighted by molar-refractivity contribution is 0.102. The lowest BCUT2D eigenvalue weighted by Gasteiger charge is -2.09. The molecule has 1 aromatic heterocycles. The Labute approximate surface area is 156 Å². The predicted octanol–water partition coefficient (Wildman–Crippen LogP) is 4.78. The standard InChI is InChI=1S/C20H20FN3OS/c1-3-11-24-19(16-6-4-5-14(2)12-16)22-23-20(24)26-13-18(25)15-7-9-17(21)10-8-15/h4-10,12H,3,11,13H2,1-2H3. The Morgan fingerprint density at radius 1 is 1.15 bits per heavy atom. The second-order valence-electron chi connectivity index (χ2n) is 6.05. The quantitative estimate of drug-likeness (QED) is 0.444. The molecule has 0 atom stereocenters. The SMILES string of the molecule is CCCn1c(SCC(=O)c2ccc(F)cc2)nnc1-c1cccc(C)c1. The van der Waals surface area contributed by atoms with Crippen LogP contribution in [0, 0.1) is 12.7 Å². The minimum absolute atomic E-state index is 0.0573. The molecule has 0 bridgehead atoms. The van der Waals surface area contributed by atoms with E-state index in [0.29, 0.717) is 5.56 Å². The van der Waals surface area contributed by atoms with Crippen molar-refractivity contribution in [2.24, 2.45) is 0 Å². The number of hydrogen-bond donors (Lipinski definition) is 0. The molecule has 0 N–H and O–H groups in total. The van der Waals surface area contributed by atoms with Crippen molar-refractivity contribution < 1.29 is 9.18 Å². The van der Waals surface area contributed by atoms with Crippen LogP contribution in [0.15, 0.2) is 53.7 Å². The topological polar surface area (TPSA) is 47.8 Å². The van der Waals surface area contributed by atoms with Gasteiger partial charge in [0.05, 0.1) is 5.75 Å². The summed E-state index contributed by atoms with van der Waals surface area (Å²) < 4.78 is 15.0. The van der Waals surface area contributed by atoms with Crippen molar-refractivity contribution in [3.05, 3.63) is 65.5 Å². The van der Waals surface area contributed by atoms with Crippen molar-refractivity contribution >= 4 is 17.5 Å². The van der Waals surface area contributed by atoms with Crippen LogP contribution < -0.4 is 0 Å². The average molecular weight is 369 g/mol. The Bertz CT molecular complexity index is 906. The van der Waals surface area contributed by atoms with Gasteiger partial charge in [-0.1, -0.05) is 42.4 Å². The van der Waals surface area contributed by atoms with Crippen molar-refractivity contribution in [2.75, 3.05) is 5.75 Å². The van der Waals surface area contributed by atoms with Gasteiger partial charge in [-0.15, -0.1) is 10.2 Å². The van der Waals surface area contributed by atoms with Gasteiger partial charge >= 0.3 is 0 Å². The van der Waals surface area contributed by atoms with E-state index < -0.39 is 0 Å². The van der Waals surface area contributed by atoms with Crippen LogP contribution in [0.3, 0.4) is 0 Å². The number of thioether (sulfide) groups is 1. The molecule has 3 aromatic rings. The Morgan fingerprint density at radius 2 is 1.92 bits per heavy atom. The van der Waals surface area contributed by atoms with Gasteiger partial charge in [-0.3, -0.25) is 4.79 Å². The third kappa shape index (κ3) is 4.19. The number of Topliss-reactive ketones (excluding diaryl/α,β-unsaturated/α-hetero) is 1. The van der Waals surface area contributed by atoms with Gasteiger partial charge in [0.2, 0.25) is 0 Å². The fourth-order valence-corrected chi connectivity index (χ4v) is 3.53. The molecule has 0 aliphatic heterocycles. The van der Waals surface area contributed by atoms with Crippen molar-refractivity contribution in [2.45, 2.75) is 32.0 Å². The van der Waals surface area contributed by atoms with E-state index in [9.17, 15) is 9.18 Å². The molecule has 0 amide bonds. The zero-order valence-electron chi connectivity index (χ0n) is 14.8. The molecule has 1 heterocycles. The van der Waals surface area contributed by atoms with Crippen molar-refractivity contribution in [3.63, 3.8) is 0 Å². The summed E-state index contributed by atoms with van der Waals surface area (Å²) in [5.74, 6) is 0.645. The number of hydrogen-bond acceptors (Lipinski definition) is 4. The fraction of sp³-hybridized carbons (Fsp3) is 0.250. The largest absolute Gasteiger partial charge is 0.302 e. The normalized spacial score (nSPS) is 10.9. The number of nitrogens with zero attached hydrogens (tertiary/aromatic N) is 3. The maximum absolute atomic E-state index is 13.0. The minimum atomic E-state index is -0.348. The van der Waals surface area contributed by atoms with E-state index in [1.807, 2.05) is 25.1 Å². The molecular weight excluding hydrogens is 349 g/mol. The zero-order chi connectivity index (χ0) is 18.5. The second kappa shape index (κ2) is 8.27. The lowest BCUT2D eigenvalue weighted by atomic mass is 10.1. The molecule has 4 nitrogen and oxygen atoms in total. The van der Waals surface area contributed by atoms with Crippen LogP contribution in [0.2, 0.25) is 0 Å². The number of aromatic nitrogens is 3. The van der Waals surface area contributed by atoms with Crippen LogP contribution in [0.5, 0.6) is 0 Å². The first-order valence-corrected chi connectivity index (χ1v) is 9.49. The number of ketones is 1. The van der Waals surface area contributed by atoms with E-state index in [1.165, 1.54) is 36.0 Å². The van der Waals surface area contributed by atoms with E-state index in [4.69, 9.17) is 0 Å². The number of benzene rings is 2. The molecule has 0 unspecified atom stereocenters. The highest BCUT2D eigenvalue weighted by molar-refractivity contribution is 7.99. The molecule has 0 spiro atoms. The van der Waals surface area contributed by atoms with E-state index in [2.05, 4.69) is 27.8 Å². The second-order valence-corrected chi connectivity index (χ2v) is 6.99. The van der Waals surface area contributed by atoms with Gasteiger partial charge in [-0.2, -0.15) is 0 Å². The molecule has 0 radical (unpaired) electrons. The van der Waals surface area contributed by atoms with E-state index >= 15 is 0 Å². The summed E-state index contributed by atoms with van der Waals surface area (Å²) in [7, 11) is 0. The smallest absolute Gasteiger partial charge is 0.191 e. The molecule has 0 saturated carbocycles. The number of carbonyl (C=O) groups excluding carboxylic acids is 1. The summed E-state index contributed by atoms with van der Waals surface area (Å²) >= 11 is 1.36. The van der Waals surface area contributed by atoms with Crippen LogP contribution in [-0.4, -0.2) is 26.3 Å². The molecule has 0 aliphatic rings. The zero-order valence-corrected chi connectivity index (χ0v) is 15.6. The average Bonchev–Trinajstić information content (AvgIpc) is 3.03. The third-order valence-electron chi connectivity index (χ3n) is 3.94. The van der Waals surface area contributed by atoms with Crippen LogP contribution in [0.25, 0.3) is 11.4 Å². The molecular formula is C20H20FN3OS. The van der Waals surface area contributed by atoms with E-state index in [0.717, 1.165) is 35.1 Å². The lowest BCUT2D eigenvalue weighted by Crippen LogP contribution is -2.06. The van der Waals surface area contributed by atoms with E-state index in [1.54, 1.807) is 0 Å². The summed E-state index contributed by atoms with van der Waals surface area (Å²) in [6.45, 7) is 4.92. The van der Waals surface area contributed by atoms with Gasteiger partial charge in [0.1, 0.15) is 5.82 Å². The highest BCUT2D eigenvalue weighted by atomic mass is 32.2. The number of carbonyl (C=O) groups is 1. The molecule has 2 aromatic carbocycles. The molecule has 6 heteroatoms. The highest BCUT2D eigenvalue weighted by Gasteiger charge is 2.16. The van der Waals surface area contributed by atoms with Gasteiger partial charge in [0.25, 0.3) is 0 Å². The summed E-state index contributed by atoms with van der Waals surface area (Å²) in [5.41, 5.74) is 2.68. The molecule has 0 saturated heterocycles. The van der Waals surface area contributed by atoms with Gasteiger partial charge in [0.15, 0.2) is 16.8 Å². The summed E-state index contributed by atoms with van der Waals surface area (Å²) in [4.78, 5) is 12.3. The van der Waals surface area contributed by atoms with Crippen molar-refractivity contribution in [3.8, 4) is 11.4 Å². The Kier molecular flexibility index (Phi) is 5.83. The highest BCUT2D eigenvalue weighted by Crippen LogP contribution is 2.25. The minimum Gasteiger partial charge on any atom is -0.302 e. The van der Waals surface area contributed by atoms with Gasteiger partial charge in [0, 0.05) is 17.7 Å². The van der Waals surface area contributed by atoms with Crippen LogP contribution in [0.4, 0.5) is 4.39 Å². The van der Waals surface area contributed by atoms with Gasteiger partial charge in [-0.05, 0) is 43.7 Å². The van der Waals surface area contributed by atoms with Crippen LogP contribution in [-0.2, 0) is 6.54 Å². The van der Waals surface area contributed by atoms with Gasteiger partial charge < -0.3 is 4.57 Å². The summed E-state index contributed by atoms with van der Waals surface area (Å²) in [6.07, 6.45) is 0.941. The molecule has 26 heavy (non-hydrogen) atoms. The van der Waals surface area contributed by atoms with Crippen LogP contribution >= 0.6 is 11.8 Å². The fourth-order valence-electron chi connectivity index (χ4n) is 2.67. The summed E-state index contributed by atoms with van der Waals surface area (Å²) in [5, 5.41) is 9.35. The van der Waals surface area contributed by atoms with Crippen molar-refractivity contribution in [1.29, 1.82) is 0 Å². The number of aryl methyl sites for hydroxylation is 1. The molecule has 0 fully saturated rings. The Balaban J connectivity index is 1.79. The molecule has 134 valence electrons. The first kappa shape index (κ1) is 18.3. The maximum Gasteiger partial charge on any atom is 0.191 e. The Morgan fingerprint density at radius 3 is 2.62 bits per heavy atom. The predicted molar refractivity (Wildman–Crippen MR) is 102 cm³/mol. The summed E-state index contributed by atoms with van der Waals surface area (Å²) in [6, 6.07) is 13.7. The Hall–Kier alpha value is -2.47. The first-order valence-electron chi connectivity index (χ1n) is 8.50. The maximum atomic E-state index is 13.0. The third-order valence-corrected chi connectivity index (χ3v) is 4.91. The van der Waals surface area contributed by atoms with Crippen molar-refractivity contribution in [1.82, 2.24) is 14.8 Å². The van der Waals surface area contributed by atoms with Crippen LogP contribution in [0.1, 0.15) is 29.3 Å². The molecule has 3 rings (SSSR count). The number of rotatable bonds is 7. The monoisotopic (exact) mass is 369 g/mol. The first-order chi connectivity index (χ1) is 12.6. The van der Waals surface area contributed by atoms with E-state index in [-0.39, 0.29) is 17.4 Å². The van der Waals surface area contributed by atoms with Gasteiger partial charge in [-0.25, -0.2) is 4.39 Å². The number of halogens is 1.